The lowest BCUT2D eigenvalue weighted by atomic mass is 9.94. The maximum atomic E-state index is 12.6. The minimum Gasteiger partial charge on any atom is -0.468 e. The topological polar surface area (TPSA) is 80.8 Å². The molecule has 0 heterocycles. The SMILES string of the molecule is CCCC(C(=O)OC)C(=O)C(C)N(C)S(=O)(=O)c1ccc(Cl)cc1. The molecule has 6 nitrogen and oxygen atoms in total. The van der Waals surface area contributed by atoms with Gasteiger partial charge in [0.1, 0.15) is 5.92 Å². The lowest BCUT2D eigenvalue weighted by molar-refractivity contribution is -0.150. The fraction of sp³-hybridized carbons (Fsp3) is 0.500. The Kier molecular flexibility index (Phi) is 7.38. The zero-order valence-electron chi connectivity index (χ0n) is 14.2. The van der Waals surface area contributed by atoms with Crippen LogP contribution >= 0.6 is 11.6 Å². The standard InChI is InChI=1S/C16H22ClNO5S/c1-5-6-14(16(20)23-4)15(19)11(2)18(3)24(21,22)13-9-7-12(17)8-10-13/h7-11,14H,5-6H2,1-4H3. The van der Waals surface area contributed by atoms with Gasteiger partial charge in [0.05, 0.1) is 18.0 Å². The van der Waals surface area contributed by atoms with Gasteiger partial charge in [-0.3, -0.25) is 9.59 Å². The molecule has 0 saturated heterocycles. The average Bonchev–Trinajstić information content (AvgIpc) is 2.57. The average molecular weight is 376 g/mol. The molecule has 0 radical (unpaired) electrons. The number of sulfonamides is 1. The van der Waals surface area contributed by atoms with E-state index in [1.54, 1.807) is 0 Å². The smallest absolute Gasteiger partial charge is 0.316 e. The van der Waals surface area contributed by atoms with E-state index in [2.05, 4.69) is 4.74 Å². The molecule has 24 heavy (non-hydrogen) atoms. The maximum absolute atomic E-state index is 12.6. The number of esters is 1. The molecule has 0 bridgehead atoms. The molecule has 2 atom stereocenters. The van der Waals surface area contributed by atoms with Gasteiger partial charge in [-0.1, -0.05) is 24.9 Å². The Morgan fingerprint density at radius 2 is 1.79 bits per heavy atom. The number of carbonyl (C=O) groups is 2. The van der Waals surface area contributed by atoms with Crippen LogP contribution in [0.1, 0.15) is 26.7 Å². The van der Waals surface area contributed by atoms with Gasteiger partial charge in [0.15, 0.2) is 5.78 Å². The van der Waals surface area contributed by atoms with Crippen LogP contribution in [0.4, 0.5) is 0 Å². The van der Waals surface area contributed by atoms with Gasteiger partial charge in [-0.05, 0) is 37.6 Å². The van der Waals surface area contributed by atoms with Gasteiger partial charge in [-0.25, -0.2) is 8.42 Å². The molecule has 0 N–H and O–H groups in total. The minimum absolute atomic E-state index is 0.0270. The summed E-state index contributed by atoms with van der Waals surface area (Å²) >= 11 is 5.77. The van der Waals surface area contributed by atoms with Gasteiger partial charge in [0, 0.05) is 12.1 Å². The van der Waals surface area contributed by atoms with Crippen molar-refractivity contribution in [3.8, 4) is 0 Å². The quantitative estimate of drug-likeness (QED) is 0.515. The molecule has 8 heteroatoms. The summed E-state index contributed by atoms with van der Waals surface area (Å²) in [6, 6.07) is 4.66. The van der Waals surface area contributed by atoms with Gasteiger partial charge >= 0.3 is 5.97 Å². The first kappa shape index (κ1) is 20.6. The number of likely N-dealkylation sites (N-methyl/N-ethyl adjacent to an activating group) is 1. The predicted molar refractivity (Wildman–Crippen MR) is 91.3 cm³/mol. The number of hydrogen-bond donors (Lipinski definition) is 0. The highest BCUT2D eigenvalue weighted by molar-refractivity contribution is 7.89. The number of rotatable bonds is 8. The van der Waals surface area contributed by atoms with Crippen molar-refractivity contribution in [2.24, 2.45) is 5.92 Å². The van der Waals surface area contributed by atoms with E-state index in [0.29, 0.717) is 17.9 Å². The molecule has 1 aromatic rings. The van der Waals surface area contributed by atoms with E-state index in [1.807, 2.05) is 6.92 Å². The summed E-state index contributed by atoms with van der Waals surface area (Å²) in [7, 11) is -1.36. The molecule has 0 aliphatic heterocycles. The van der Waals surface area contributed by atoms with Crippen LogP contribution in [0.2, 0.25) is 5.02 Å². The van der Waals surface area contributed by atoms with E-state index in [1.165, 1.54) is 45.3 Å². The van der Waals surface area contributed by atoms with Gasteiger partial charge in [-0.15, -0.1) is 0 Å². The number of Topliss-reactive ketones (excluding diaryl/α,β-unsaturated/α-hetero) is 1. The fourth-order valence-corrected chi connectivity index (χ4v) is 3.72. The van der Waals surface area contributed by atoms with Crippen molar-refractivity contribution in [1.29, 1.82) is 0 Å². The van der Waals surface area contributed by atoms with Crippen LogP contribution in [-0.4, -0.2) is 44.7 Å². The lowest BCUT2D eigenvalue weighted by Gasteiger charge is -2.26. The van der Waals surface area contributed by atoms with Crippen molar-refractivity contribution in [3.05, 3.63) is 29.3 Å². The molecule has 134 valence electrons. The summed E-state index contributed by atoms with van der Waals surface area (Å²) in [4.78, 5) is 24.4. The van der Waals surface area contributed by atoms with Gasteiger partial charge in [-0.2, -0.15) is 4.31 Å². The largest absolute Gasteiger partial charge is 0.468 e. The Morgan fingerprint density at radius 3 is 2.25 bits per heavy atom. The summed E-state index contributed by atoms with van der Waals surface area (Å²) < 4.78 is 30.9. The number of benzene rings is 1. The molecule has 0 spiro atoms. The Hall–Kier alpha value is -1.44. The van der Waals surface area contributed by atoms with Crippen molar-refractivity contribution in [2.75, 3.05) is 14.2 Å². The second kappa shape index (κ2) is 8.60. The maximum Gasteiger partial charge on any atom is 0.316 e. The van der Waals surface area contributed by atoms with Crippen molar-refractivity contribution in [3.63, 3.8) is 0 Å². The van der Waals surface area contributed by atoms with Gasteiger partial charge in [0.2, 0.25) is 10.0 Å². The van der Waals surface area contributed by atoms with Crippen molar-refractivity contribution < 1.29 is 22.7 Å². The highest BCUT2D eigenvalue weighted by Gasteiger charge is 2.36. The first-order chi connectivity index (χ1) is 11.2. The molecule has 2 unspecified atom stereocenters. The predicted octanol–water partition coefficient (Wildman–Crippen LogP) is 2.51. The number of ether oxygens (including phenoxy) is 1. The number of nitrogens with zero attached hydrogens (tertiary/aromatic N) is 1. The number of halogens is 1. The molecule has 0 aliphatic carbocycles. The number of hydrogen-bond acceptors (Lipinski definition) is 5. The van der Waals surface area contributed by atoms with E-state index in [-0.39, 0.29) is 4.90 Å². The molecular formula is C16H22ClNO5S. The normalized spacial score (nSPS) is 14.2. The van der Waals surface area contributed by atoms with Crippen LogP contribution in [0, 0.1) is 5.92 Å². The third kappa shape index (κ3) is 4.55. The van der Waals surface area contributed by atoms with Gasteiger partial charge in [0.25, 0.3) is 0 Å². The Balaban J connectivity index is 3.07. The van der Waals surface area contributed by atoms with Crippen molar-refractivity contribution >= 4 is 33.4 Å². The first-order valence-corrected chi connectivity index (χ1v) is 9.33. The van der Waals surface area contributed by atoms with Crippen LogP contribution in [0.5, 0.6) is 0 Å². The molecule has 0 amide bonds. The summed E-state index contributed by atoms with van der Waals surface area (Å²) in [5, 5.41) is 0.412. The van der Waals surface area contributed by atoms with E-state index < -0.39 is 33.7 Å². The highest BCUT2D eigenvalue weighted by Crippen LogP contribution is 2.22. The molecule has 0 saturated carbocycles. The number of carbonyl (C=O) groups excluding carboxylic acids is 2. The monoisotopic (exact) mass is 375 g/mol. The van der Waals surface area contributed by atoms with E-state index in [4.69, 9.17) is 11.6 Å². The Labute approximate surface area is 147 Å². The van der Waals surface area contributed by atoms with Crippen LogP contribution in [-0.2, 0) is 24.3 Å². The number of methoxy groups -OCH3 is 1. The summed E-state index contributed by atoms with van der Waals surface area (Å²) in [6.07, 6.45) is 0.913. The zero-order chi connectivity index (χ0) is 18.5. The minimum atomic E-state index is -3.88. The van der Waals surface area contributed by atoms with Crippen LogP contribution in [0.15, 0.2) is 29.2 Å². The molecule has 1 aromatic carbocycles. The van der Waals surface area contributed by atoms with Crippen LogP contribution < -0.4 is 0 Å². The van der Waals surface area contributed by atoms with Crippen LogP contribution in [0.3, 0.4) is 0 Å². The molecule has 0 fully saturated rings. The Morgan fingerprint density at radius 1 is 1.25 bits per heavy atom. The summed E-state index contributed by atoms with van der Waals surface area (Å²) in [5.74, 6) is -2.10. The highest BCUT2D eigenvalue weighted by atomic mass is 35.5. The number of ketones is 1. The van der Waals surface area contributed by atoms with E-state index >= 15 is 0 Å². The Bertz CT molecular complexity index is 687. The van der Waals surface area contributed by atoms with Crippen LogP contribution in [0.25, 0.3) is 0 Å². The third-order valence-corrected chi connectivity index (χ3v) is 6.05. The van der Waals surface area contributed by atoms with E-state index in [0.717, 1.165) is 4.31 Å². The second-order valence-electron chi connectivity index (χ2n) is 5.42. The molecule has 0 aliphatic rings. The molecule has 0 aromatic heterocycles. The van der Waals surface area contributed by atoms with Gasteiger partial charge < -0.3 is 4.74 Å². The van der Waals surface area contributed by atoms with Crippen molar-refractivity contribution in [2.45, 2.75) is 37.6 Å². The zero-order valence-corrected chi connectivity index (χ0v) is 15.7. The third-order valence-electron chi connectivity index (χ3n) is 3.85. The fourth-order valence-electron chi connectivity index (χ4n) is 2.26. The second-order valence-corrected chi connectivity index (χ2v) is 7.85. The lowest BCUT2D eigenvalue weighted by Crippen LogP contribution is -2.44. The van der Waals surface area contributed by atoms with Crippen molar-refractivity contribution in [1.82, 2.24) is 4.31 Å². The summed E-state index contributed by atoms with van der Waals surface area (Å²) in [5.41, 5.74) is 0. The van der Waals surface area contributed by atoms with E-state index in [9.17, 15) is 18.0 Å². The molecule has 1 rings (SSSR count). The molecular weight excluding hydrogens is 354 g/mol. The first-order valence-electron chi connectivity index (χ1n) is 7.52. The summed E-state index contributed by atoms with van der Waals surface area (Å²) in [6.45, 7) is 3.30.